The lowest BCUT2D eigenvalue weighted by molar-refractivity contribution is 0.553. The number of sulfone groups is 1. The van der Waals surface area contributed by atoms with Crippen LogP contribution in [0.3, 0.4) is 0 Å². The van der Waals surface area contributed by atoms with Crippen molar-refractivity contribution in [3.63, 3.8) is 0 Å². The lowest BCUT2D eigenvalue weighted by Gasteiger charge is -2.19. The number of sulfonamides is 1. The monoisotopic (exact) mass is 309 g/mol. The van der Waals surface area contributed by atoms with Crippen molar-refractivity contribution in [1.29, 1.82) is 0 Å². The molecule has 0 aliphatic rings. The zero-order valence-corrected chi connectivity index (χ0v) is 13.0. The summed E-state index contributed by atoms with van der Waals surface area (Å²) in [5.41, 5.74) is 0. The van der Waals surface area contributed by atoms with Crippen molar-refractivity contribution in [2.45, 2.75) is 44.0 Å². The van der Waals surface area contributed by atoms with Gasteiger partial charge in [0, 0.05) is 12.7 Å². The van der Waals surface area contributed by atoms with E-state index in [0.29, 0.717) is 5.82 Å². The number of imidazole rings is 1. The van der Waals surface area contributed by atoms with Gasteiger partial charge < -0.3 is 4.57 Å². The summed E-state index contributed by atoms with van der Waals surface area (Å²) in [7, 11) is -7.14. The molecule has 0 unspecified atom stereocenters. The molecule has 0 aliphatic carbocycles. The van der Waals surface area contributed by atoms with Crippen LogP contribution >= 0.6 is 0 Å². The quantitative estimate of drug-likeness (QED) is 0.844. The minimum atomic E-state index is -3.87. The van der Waals surface area contributed by atoms with Gasteiger partial charge in [-0.05, 0) is 27.7 Å². The number of nitrogens with zero attached hydrogens (tertiary/aromatic N) is 2. The second kappa shape index (κ2) is 4.88. The Morgan fingerprint density at radius 1 is 1.26 bits per heavy atom. The Balaban J connectivity index is 2.95. The van der Waals surface area contributed by atoms with E-state index in [2.05, 4.69) is 4.98 Å². The predicted molar refractivity (Wildman–Crippen MR) is 71.9 cm³/mol. The molecule has 1 heterocycles. The number of hydrogen-bond acceptors (Lipinski definition) is 5. The molecule has 19 heavy (non-hydrogen) atoms. The molecule has 0 atom stereocenters. The normalized spacial score (nSPS) is 13.7. The van der Waals surface area contributed by atoms with Gasteiger partial charge in [-0.3, -0.25) is 0 Å². The number of nitrogens with two attached hydrogens (primary N) is 1. The van der Waals surface area contributed by atoms with Crippen LogP contribution in [0.15, 0.2) is 11.2 Å². The molecule has 0 fully saturated rings. The minimum Gasteiger partial charge on any atom is -0.333 e. The van der Waals surface area contributed by atoms with Gasteiger partial charge in [-0.15, -0.1) is 0 Å². The molecule has 2 N–H and O–H groups in total. The van der Waals surface area contributed by atoms with Crippen LogP contribution in [0.5, 0.6) is 0 Å². The SMILES string of the molecule is Cc1nc(S(N)(=O)=O)cn1CCS(=O)(=O)C(C)(C)C. The Labute approximate surface area is 113 Å². The summed E-state index contributed by atoms with van der Waals surface area (Å²) in [6.45, 7) is 6.61. The molecule has 1 aromatic rings. The topological polar surface area (TPSA) is 112 Å². The summed E-state index contributed by atoms with van der Waals surface area (Å²) in [4.78, 5) is 3.80. The van der Waals surface area contributed by atoms with Crippen molar-refractivity contribution < 1.29 is 16.8 Å². The van der Waals surface area contributed by atoms with E-state index in [1.165, 1.54) is 10.8 Å². The molecule has 0 saturated carbocycles. The van der Waals surface area contributed by atoms with Crippen molar-refractivity contribution in [2.75, 3.05) is 5.75 Å². The Kier molecular flexibility index (Phi) is 4.14. The van der Waals surface area contributed by atoms with E-state index < -0.39 is 24.6 Å². The van der Waals surface area contributed by atoms with Crippen molar-refractivity contribution in [3.05, 3.63) is 12.0 Å². The Morgan fingerprint density at radius 2 is 1.79 bits per heavy atom. The molecule has 0 bridgehead atoms. The maximum Gasteiger partial charge on any atom is 0.257 e. The fourth-order valence-corrected chi connectivity index (χ4v) is 2.95. The van der Waals surface area contributed by atoms with E-state index in [1.54, 1.807) is 27.7 Å². The summed E-state index contributed by atoms with van der Waals surface area (Å²) in [5, 5.41) is 4.72. The highest BCUT2D eigenvalue weighted by Gasteiger charge is 2.28. The van der Waals surface area contributed by atoms with Crippen LogP contribution in [0.1, 0.15) is 26.6 Å². The fraction of sp³-hybridized carbons (Fsp3) is 0.700. The van der Waals surface area contributed by atoms with E-state index in [1.807, 2.05) is 0 Å². The molecule has 1 aromatic heterocycles. The average molecular weight is 309 g/mol. The molecular formula is C10H19N3O4S2. The van der Waals surface area contributed by atoms with E-state index in [9.17, 15) is 16.8 Å². The summed E-state index contributed by atoms with van der Waals surface area (Å²) in [6, 6.07) is 0. The van der Waals surface area contributed by atoms with Crippen LogP contribution in [0.2, 0.25) is 0 Å². The molecule has 0 saturated heterocycles. The fourth-order valence-electron chi connectivity index (χ4n) is 1.37. The second-order valence-corrected chi connectivity index (χ2v) is 9.67. The highest BCUT2D eigenvalue weighted by atomic mass is 32.2. The summed E-state index contributed by atoms with van der Waals surface area (Å²) >= 11 is 0. The maximum atomic E-state index is 12.0. The standard InChI is InChI=1S/C10H19N3O4S2/c1-8-12-9(19(11,16)17)7-13(8)5-6-18(14,15)10(2,3)4/h7H,5-6H2,1-4H3,(H2,11,16,17). The molecule has 0 amide bonds. The van der Waals surface area contributed by atoms with Gasteiger partial charge in [-0.25, -0.2) is 27.0 Å². The summed E-state index contributed by atoms with van der Waals surface area (Å²) in [6.07, 6.45) is 1.25. The largest absolute Gasteiger partial charge is 0.333 e. The average Bonchev–Trinajstić information content (AvgIpc) is 2.55. The summed E-state index contributed by atoms with van der Waals surface area (Å²) < 4.78 is 46.8. The lowest BCUT2D eigenvalue weighted by atomic mass is 10.3. The molecule has 0 aromatic carbocycles. The van der Waals surface area contributed by atoms with Crippen LogP contribution < -0.4 is 5.14 Å². The zero-order chi connectivity index (χ0) is 15.1. The molecule has 0 radical (unpaired) electrons. The smallest absolute Gasteiger partial charge is 0.257 e. The maximum absolute atomic E-state index is 12.0. The number of aryl methyl sites for hydroxylation is 2. The van der Waals surface area contributed by atoms with Gasteiger partial charge >= 0.3 is 0 Å². The number of aromatic nitrogens is 2. The lowest BCUT2D eigenvalue weighted by Crippen LogP contribution is -2.32. The molecule has 9 heteroatoms. The van der Waals surface area contributed by atoms with Gasteiger partial charge in [0.15, 0.2) is 14.9 Å². The minimum absolute atomic E-state index is 0.0856. The highest BCUT2D eigenvalue weighted by Crippen LogP contribution is 2.17. The Hall–Kier alpha value is -0.930. The highest BCUT2D eigenvalue weighted by molar-refractivity contribution is 7.92. The van der Waals surface area contributed by atoms with Gasteiger partial charge in [-0.2, -0.15) is 0 Å². The first-order valence-corrected chi connectivity index (χ1v) is 8.83. The molecule has 0 aliphatic heterocycles. The number of hydrogen-bond donors (Lipinski definition) is 1. The van der Waals surface area contributed by atoms with Crippen molar-refractivity contribution >= 4 is 19.9 Å². The Morgan fingerprint density at radius 3 is 2.16 bits per heavy atom. The molecule has 110 valence electrons. The van der Waals surface area contributed by atoms with Crippen molar-refractivity contribution in [1.82, 2.24) is 9.55 Å². The van der Waals surface area contributed by atoms with Crippen LogP contribution in [0, 0.1) is 6.92 Å². The number of primary sulfonamides is 1. The second-order valence-electron chi connectivity index (χ2n) is 5.30. The van der Waals surface area contributed by atoms with Gasteiger partial charge in [-0.1, -0.05) is 0 Å². The molecular weight excluding hydrogens is 290 g/mol. The molecule has 1 rings (SSSR count). The Bertz CT molecular complexity index is 666. The van der Waals surface area contributed by atoms with E-state index in [4.69, 9.17) is 5.14 Å². The van der Waals surface area contributed by atoms with Crippen molar-refractivity contribution in [3.8, 4) is 0 Å². The summed E-state index contributed by atoms with van der Waals surface area (Å²) in [5.74, 6) is 0.325. The molecule has 7 nitrogen and oxygen atoms in total. The van der Waals surface area contributed by atoms with Crippen LogP contribution in [-0.4, -0.2) is 36.9 Å². The first kappa shape index (κ1) is 16.1. The van der Waals surface area contributed by atoms with Crippen LogP contribution in [0.25, 0.3) is 0 Å². The van der Waals surface area contributed by atoms with Crippen molar-refractivity contribution in [2.24, 2.45) is 5.14 Å². The van der Waals surface area contributed by atoms with Gasteiger partial charge in [0.1, 0.15) is 5.82 Å². The predicted octanol–water partition coefficient (Wildman–Crippen LogP) is 0.0522. The first-order valence-electron chi connectivity index (χ1n) is 5.63. The van der Waals surface area contributed by atoms with Crippen LogP contribution in [-0.2, 0) is 26.4 Å². The van der Waals surface area contributed by atoms with E-state index in [-0.39, 0.29) is 17.3 Å². The van der Waals surface area contributed by atoms with E-state index in [0.717, 1.165) is 0 Å². The van der Waals surface area contributed by atoms with Gasteiger partial charge in [0.25, 0.3) is 10.0 Å². The molecule has 0 spiro atoms. The third kappa shape index (κ3) is 3.77. The number of rotatable bonds is 4. The van der Waals surface area contributed by atoms with E-state index >= 15 is 0 Å². The third-order valence-electron chi connectivity index (χ3n) is 2.78. The van der Waals surface area contributed by atoms with Crippen LogP contribution in [0.4, 0.5) is 0 Å². The van der Waals surface area contributed by atoms with Gasteiger partial charge in [0.2, 0.25) is 0 Å². The first-order chi connectivity index (χ1) is 8.34. The van der Waals surface area contributed by atoms with Gasteiger partial charge in [0.05, 0.1) is 10.5 Å². The third-order valence-corrected chi connectivity index (χ3v) is 6.15. The zero-order valence-electron chi connectivity index (χ0n) is 11.4.